The fourth-order valence-corrected chi connectivity index (χ4v) is 10.2. The summed E-state index contributed by atoms with van der Waals surface area (Å²) in [6.45, 7) is 0. The molecule has 0 saturated heterocycles. The fraction of sp³-hybridized carbons (Fsp3) is 0. The standard InChI is InChI=1S/C52H30N2/c1-2-15-31(16-3-1)53-43-27-12-10-23-41(43)49-47-37-21-8-6-18-33(37)34-19-7-9-22-38(34)48(47)50-42-24-11-13-28-44(42)54(52(50)51(49)53)45-30-29-39-35-20-5-4-17-32(35)36-25-14-26-40(45)46(36)39/h1-30H. The van der Waals surface area contributed by atoms with Gasteiger partial charge in [0.2, 0.25) is 0 Å². The van der Waals surface area contributed by atoms with Crippen molar-refractivity contribution in [3.8, 4) is 33.6 Å². The van der Waals surface area contributed by atoms with Gasteiger partial charge in [0, 0.05) is 43.4 Å². The van der Waals surface area contributed by atoms with E-state index < -0.39 is 0 Å². The molecule has 0 unspecified atom stereocenters. The number of rotatable bonds is 2. The van der Waals surface area contributed by atoms with Gasteiger partial charge in [0.05, 0.1) is 27.8 Å². The largest absolute Gasteiger partial charge is 0.307 e. The van der Waals surface area contributed by atoms with Crippen LogP contribution in [0.5, 0.6) is 0 Å². The lowest BCUT2D eigenvalue weighted by molar-refractivity contribution is 1.16. The molecule has 13 rings (SSSR count). The molecule has 2 heteroatoms. The van der Waals surface area contributed by atoms with Gasteiger partial charge >= 0.3 is 0 Å². The van der Waals surface area contributed by atoms with Gasteiger partial charge in [0.15, 0.2) is 0 Å². The molecule has 54 heavy (non-hydrogen) atoms. The monoisotopic (exact) mass is 682 g/mol. The maximum Gasteiger partial charge on any atom is 0.0795 e. The number of hydrogen-bond donors (Lipinski definition) is 0. The number of aromatic nitrogens is 2. The van der Waals surface area contributed by atoms with Crippen LogP contribution in [0.2, 0.25) is 0 Å². The van der Waals surface area contributed by atoms with E-state index in [1.807, 2.05) is 0 Å². The molecule has 0 spiro atoms. The van der Waals surface area contributed by atoms with E-state index in [4.69, 9.17) is 0 Å². The highest BCUT2D eigenvalue weighted by molar-refractivity contribution is 6.45. The van der Waals surface area contributed by atoms with Crippen LogP contribution in [0.4, 0.5) is 0 Å². The first kappa shape index (κ1) is 28.4. The van der Waals surface area contributed by atoms with E-state index in [9.17, 15) is 0 Å². The molecule has 248 valence electrons. The third-order valence-electron chi connectivity index (χ3n) is 12.2. The second kappa shape index (κ2) is 10.2. The second-order valence-corrected chi connectivity index (χ2v) is 14.7. The van der Waals surface area contributed by atoms with Crippen molar-refractivity contribution in [2.24, 2.45) is 0 Å². The lowest BCUT2D eigenvalue weighted by Gasteiger charge is -2.18. The Labute approximate surface area is 310 Å². The molecule has 0 amide bonds. The van der Waals surface area contributed by atoms with Crippen LogP contribution in [0.15, 0.2) is 182 Å². The van der Waals surface area contributed by atoms with Crippen LogP contribution < -0.4 is 0 Å². The Bertz CT molecular complexity index is 3570. The first-order valence-electron chi connectivity index (χ1n) is 18.8. The Balaban J connectivity index is 1.38. The van der Waals surface area contributed by atoms with E-state index in [2.05, 4.69) is 191 Å². The summed E-state index contributed by atoms with van der Waals surface area (Å²) in [5.41, 5.74) is 12.5. The van der Waals surface area contributed by atoms with Crippen molar-refractivity contribution in [1.82, 2.24) is 9.13 Å². The van der Waals surface area contributed by atoms with Crippen molar-refractivity contribution in [3.63, 3.8) is 0 Å². The zero-order valence-electron chi connectivity index (χ0n) is 29.2. The maximum atomic E-state index is 2.60. The summed E-state index contributed by atoms with van der Waals surface area (Å²) in [7, 11) is 0. The van der Waals surface area contributed by atoms with Crippen LogP contribution in [0.25, 0.3) is 120 Å². The van der Waals surface area contributed by atoms with Gasteiger partial charge < -0.3 is 9.13 Å². The lowest BCUT2D eigenvalue weighted by Crippen LogP contribution is -2.00. The molecule has 2 heterocycles. The predicted octanol–water partition coefficient (Wildman–Crippen LogP) is 14.1. The van der Waals surface area contributed by atoms with Gasteiger partial charge in [-0.2, -0.15) is 0 Å². The van der Waals surface area contributed by atoms with Gasteiger partial charge in [0.1, 0.15) is 0 Å². The molecule has 0 N–H and O–H groups in total. The van der Waals surface area contributed by atoms with Crippen LogP contribution >= 0.6 is 0 Å². The van der Waals surface area contributed by atoms with Crippen molar-refractivity contribution < 1.29 is 0 Å². The Kier molecular flexibility index (Phi) is 5.39. The zero-order valence-corrected chi connectivity index (χ0v) is 29.2. The van der Waals surface area contributed by atoms with Gasteiger partial charge in [-0.15, -0.1) is 0 Å². The number of fused-ring (bicyclic) bond motifs is 18. The van der Waals surface area contributed by atoms with E-state index in [0.29, 0.717) is 0 Å². The van der Waals surface area contributed by atoms with Crippen molar-refractivity contribution >= 4 is 86.7 Å². The molecule has 2 nitrogen and oxygen atoms in total. The van der Waals surface area contributed by atoms with Crippen LogP contribution in [0.3, 0.4) is 0 Å². The Morgan fingerprint density at radius 1 is 0.241 bits per heavy atom. The molecule has 1 aliphatic rings. The van der Waals surface area contributed by atoms with E-state index in [1.165, 1.54) is 115 Å². The van der Waals surface area contributed by atoms with Crippen LogP contribution in [0.1, 0.15) is 0 Å². The van der Waals surface area contributed by atoms with Gasteiger partial charge in [-0.25, -0.2) is 0 Å². The molecule has 0 bridgehead atoms. The number of para-hydroxylation sites is 3. The quantitative estimate of drug-likeness (QED) is 0.161. The Hall–Kier alpha value is -7.16. The molecule has 12 aromatic rings. The molecular formula is C52H30N2. The second-order valence-electron chi connectivity index (χ2n) is 14.7. The minimum atomic E-state index is 1.15. The summed E-state index contributed by atoms with van der Waals surface area (Å²) < 4.78 is 5.13. The summed E-state index contributed by atoms with van der Waals surface area (Å²) in [6.07, 6.45) is 0. The summed E-state index contributed by atoms with van der Waals surface area (Å²) >= 11 is 0. The van der Waals surface area contributed by atoms with Crippen molar-refractivity contribution in [2.45, 2.75) is 0 Å². The number of hydrogen-bond acceptors (Lipinski definition) is 0. The zero-order chi connectivity index (χ0) is 35.1. The van der Waals surface area contributed by atoms with Gasteiger partial charge in [-0.05, 0) is 79.5 Å². The predicted molar refractivity (Wildman–Crippen MR) is 230 cm³/mol. The molecule has 2 aromatic heterocycles. The highest BCUT2D eigenvalue weighted by atomic mass is 15.0. The minimum Gasteiger partial charge on any atom is -0.307 e. The maximum absolute atomic E-state index is 2.60. The van der Waals surface area contributed by atoms with E-state index in [1.54, 1.807) is 0 Å². The Morgan fingerprint density at radius 3 is 1.31 bits per heavy atom. The summed E-state index contributed by atoms with van der Waals surface area (Å²) in [6, 6.07) is 67.6. The first-order chi connectivity index (χ1) is 26.9. The molecule has 1 aliphatic carbocycles. The number of nitrogens with zero attached hydrogens (tertiary/aromatic N) is 2. The molecule has 0 radical (unpaired) electrons. The highest BCUT2D eigenvalue weighted by Gasteiger charge is 2.29. The van der Waals surface area contributed by atoms with Crippen LogP contribution in [-0.2, 0) is 0 Å². The first-order valence-corrected chi connectivity index (χ1v) is 18.8. The normalized spacial score (nSPS) is 12.4. The van der Waals surface area contributed by atoms with Gasteiger partial charge in [-0.1, -0.05) is 152 Å². The fourth-order valence-electron chi connectivity index (χ4n) is 10.2. The third-order valence-corrected chi connectivity index (χ3v) is 12.2. The van der Waals surface area contributed by atoms with Crippen LogP contribution in [0, 0.1) is 0 Å². The topological polar surface area (TPSA) is 9.86 Å². The average molecular weight is 683 g/mol. The summed E-state index contributed by atoms with van der Waals surface area (Å²) in [5.74, 6) is 0. The van der Waals surface area contributed by atoms with Crippen molar-refractivity contribution in [1.29, 1.82) is 0 Å². The Morgan fingerprint density at radius 2 is 0.685 bits per heavy atom. The lowest BCUT2D eigenvalue weighted by atomic mass is 9.89. The van der Waals surface area contributed by atoms with Crippen LogP contribution in [-0.4, -0.2) is 9.13 Å². The molecule has 10 aromatic carbocycles. The third kappa shape index (κ3) is 3.42. The smallest absolute Gasteiger partial charge is 0.0795 e. The van der Waals surface area contributed by atoms with Gasteiger partial charge in [0.25, 0.3) is 0 Å². The van der Waals surface area contributed by atoms with E-state index in [-0.39, 0.29) is 0 Å². The summed E-state index contributed by atoms with van der Waals surface area (Å²) in [5, 5.41) is 15.5. The molecule has 0 fully saturated rings. The summed E-state index contributed by atoms with van der Waals surface area (Å²) in [4.78, 5) is 0. The van der Waals surface area contributed by atoms with Crippen molar-refractivity contribution in [3.05, 3.63) is 182 Å². The van der Waals surface area contributed by atoms with E-state index in [0.717, 1.165) is 5.69 Å². The van der Waals surface area contributed by atoms with Gasteiger partial charge in [-0.3, -0.25) is 0 Å². The van der Waals surface area contributed by atoms with E-state index >= 15 is 0 Å². The molecule has 0 atom stereocenters. The average Bonchev–Trinajstić information content (AvgIpc) is 3.88. The molecular weight excluding hydrogens is 653 g/mol. The minimum absolute atomic E-state index is 1.15. The molecule has 0 aliphatic heterocycles. The highest BCUT2D eigenvalue weighted by Crippen LogP contribution is 2.53. The SMILES string of the molecule is c1ccc(-n2c3ccccc3c3c4c5ccccc5c5ccccc5c4c4c5ccccc5n(-c5ccc6c7c(cccc57)-c5ccccc5-6)c4c32)cc1. The van der Waals surface area contributed by atoms with Crippen molar-refractivity contribution in [2.75, 3.05) is 0 Å². The molecule has 0 saturated carbocycles. The number of benzene rings is 10.